The molecule has 0 saturated heterocycles. The Bertz CT molecular complexity index is 1530. The number of sulfonamides is 1. The van der Waals surface area contributed by atoms with Crippen molar-refractivity contribution in [3.05, 3.63) is 105 Å². The first-order chi connectivity index (χ1) is 17.2. The number of carbonyl (C=O) groups excluding carboxylic acids is 1. The van der Waals surface area contributed by atoms with Crippen LogP contribution in [-0.2, 0) is 22.9 Å². The van der Waals surface area contributed by atoms with Gasteiger partial charge in [0.15, 0.2) is 0 Å². The van der Waals surface area contributed by atoms with Gasteiger partial charge in [0.25, 0.3) is 15.9 Å². The Morgan fingerprint density at radius 1 is 1.00 bits per heavy atom. The van der Waals surface area contributed by atoms with E-state index in [1.807, 2.05) is 25.1 Å². The first kappa shape index (κ1) is 25.9. The fraction of sp³-hybridized carbons (Fsp3) is 0.185. The lowest BCUT2D eigenvalue weighted by Gasteiger charge is -2.16. The van der Waals surface area contributed by atoms with Crippen LogP contribution < -0.4 is 4.72 Å². The number of benzene rings is 3. The van der Waals surface area contributed by atoms with E-state index in [1.54, 1.807) is 18.2 Å². The Morgan fingerprint density at radius 3 is 2.50 bits per heavy atom. The Morgan fingerprint density at radius 2 is 1.78 bits per heavy atom. The van der Waals surface area contributed by atoms with E-state index in [2.05, 4.69) is 22.9 Å². The van der Waals surface area contributed by atoms with Crippen LogP contribution in [0.1, 0.15) is 46.3 Å². The monoisotopic (exact) mass is 542 g/mol. The molecule has 0 radical (unpaired) electrons. The topological polar surface area (TPSA) is 89.3 Å². The Balaban J connectivity index is 1.71. The number of aryl methyl sites for hydroxylation is 2. The summed E-state index contributed by atoms with van der Waals surface area (Å²) in [5.74, 6) is -0.100. The average Bonchev–Trinajstić information content (AvgIpc) is 3.25. The van der Waals surface area contributed by atoms with Crippen molar-refractivity contribution >= 4 is 39.1 Å². The number of hydrogen-bond donors (Lipinski definition) is 1. The van der Waals surface area contributed by atoms with E-state index < -0.39 is 15.9 Å². The molecule has 4 rings (SSSR count). The smallest absolute Gasteiger partial charge is 0.266 e. The van der Waals surface area contributed by atoms with E-state index in [0.29, 0.717) is 12.0 Å². The molecule has 0 aliphatic carbocycles. The zero-order valence-electron chi connectivity index (χ0n) is 19.7. The minimum Gasteiger partial charge on any atom is -0.361 e. The number of nitrogens with zero attached hydrogens (tertiary/aromatic N) is 1. The number of aromatic nitrogens is 1. The van der Waals surface area contributed by atoms with Gasteiger partial charge in [-0.05, 0) is 54.3 Å². The molecule has 186 valence electrons. The van der Waals surface area contributed by atoms with Gasteiger partial charge in [0.05, 0.1) is 21.2 Å². The quantitative estimate of drug-likeness (QED) is 0.270. The molecule has 0 aliphatic rings. The third kappa shape index (κ3) is 5.81. The molecule has 0 unspecified atom stereocenters. The van der Waals surface area contributed by atoms with Crippen LogP contribution in [-0.4, -0.2) is 19.5 Å². The van der Waals surface area contributed by atoms with Crippen LogP contribution in [0.5, 0.6) is 0 Å². The highest BCUT2D eigenvalue weighted by atomic mass is 35.5. The summed E-state index contributed by atoms with van der Waals surface area (Å²) >= 11 is 12.1. The molecule has 0 fully saturated rings. The fourth-order valence-corrected chi connectivity index (χ4v) is 5.59. The summed E-state index contributed by atoms with van der Waals surface area (Å²) in [5.41, 5.74) is 4.10. The first-order valence-corrected chi connectivity index (χ1v) is 13.6. The fourth-order valence-electron chi connectivity index (χ4n) is 4.02. The second kappa shape index (κ2) is 10.9. The number of rotatable bonds is 8. The lowest BCUT2D eigenvalue weighted by molar-refractivity contribution is 0.0981. The second-order valence-corrected chi connectivity index (χ2v) is 10.9. The normalized spacial score (nSPS) is 11.4. The summed E-state index contributed by atoms with van der Waals surface area (Å²) < 4.78 is 34.2. The lowest BCUT2D eigenvalue weighted by Crippen LogP contribution is -2.31. The van der Waals surface area contributed by atoms with E-state index in [4.69, 9.17) is 27.7 Å². The third-order valence-electron chi connectivity index (χ3n) is 5.61. The SMILES string of the molecule is CCCc1cc(Cc2cc(C)no2)ccc1-c1ccccc1S(=O)(=O)NC(=O)c1cc(Cl)ccc1Cl. The van der Waals surface area contributed by atoms with Crippen LogP contribution >= 0.6 is 23.2 Å². The zero-order chi connectivity index (χ0) is 25.9. The van der Waals surface area contributed by atoms with Crippen LogP contribution in [0.4, 0.5) is 0 Å². The average molecular weight is 543 g/mol. The van der Waals surface area contributed by atoms with Crippen molar-refractivity contribution in [2.75, 3.05) is 0 Å². The van der Waals surface area contributed by atoms with Crippen molar-refractivity contribution in [1.29, 1.82) is 0 Å². The Hall–Kier alpha value is -3.13. The van der Waals surface area contributed by atoms with Crippen LogP contribution in [0.2, 0.25) is 10.0 Å². The predicted octanol–water partition coefficient (Wildman–Crippen LogP) is 6.62. The van der Waals surface area contributed by atoms with Crippen LogP contribution in [0.15, 0.2) is 76.1 Å². The number of amides is 1. The second-order valence-electron chi connectivity index (χ2n) is 8.41. The van der Waals surface area contributed by atoms with Crippen LogP contribution in [0, 0.1) is 6.92 Å². The van der Waals surface area contributed by atoms with Crippen molar-refractivity contribution < 1.29 is 17.7 Å². The molecule has 1 amide bonds. The van der Waals surface area contributed by atoms with Crippen LogP contribution in [0.3, 0.4) is 0 Å². The third-order valence-corrected chi connectivity index (χ3v) is 7.56. The molecule has 0 saturated carbocycles. The molecular weight excluding hydrogens is 519 g/mol. The summed E-state index contributed by atoms with van der Waals surface area (Å²) in [4.78, 5) is 12.8. The highest BCUT2D eigenvalue weighted by molar-refractivity contribution is 7.90. The molecule has 1 heterocycles. The minimum atomic E-state index is -4.23. The van der Waals surface area contributed by atoms with Gasteiger partial charge in [-0.25, -0.2) is 13.1 Å². The summed E-state index contributed by atoms with van der Waals surface area (Å²) in [5, 5.41) is 4.31. The van der Waals surface area contributed by atoms with E-state index in [-0.39, 0.29) is 20.5 Å². The molecule has 1 aromatic heterocycles. The maximum absolute atomic E-state index is 13.4. The molecule has 36 heavy (non-hydrogen) atoms. The highest BCUT2D eigenvalue weighted by Crippen LogP contribution is 2.32. The van der Waals surface area contributed by atoms with Gasteiger partial charge in [0.1, 0.15) is 5.76 Å². The van der Waals surface area contributed by atoms with Gasteiger partial charge in [-0.3, -0.25) is 4.79 Å². The van der Waals surface area contributed by atoms with Crippen molar-refractivity contribution in [2.45, 2.75) is 38.0 Å². The van der Waals surface area contributed by atoms with Gasteiger partial charge in [-0.15, -0.1) is 0 Å². The lowest BCUT2D eigenvalue weighted by atomic mass is 9.93. The number of carbonyl (C=O) groups is 1. The van der Waals surface area contributed by atoms with Gasteiger partial charge in [0, 0.05) is 23.1 Å². The standard InChI is InChI=1S/C27H24Cl2N2O4S/c1-3-6-19-14-18(15-21-13-17(2)30-35-21)9-11-22(19)23-7-4-5-8-26(23)36(33,34)31-27(32)24-16-20(28)10-12-25(24)29/h4-5,7-14,16H,3,6,15H2,1-2H3,(H,31,32). The maximum Gasteiger partial charge on any atom is 0.266 e. The van der Waals surface area contributed by atoms with Gasteiger partial charge < -0.3 is 4.52 Å². The number of hydrogen-bond acceptors (Lipinski definition) is 5. The number of nitrogens with one attached hydrogen (secondary N) is 1. The molecule has 6 nitrogen and oxygen atoms in total. The molecule has 9 heteroatoms. The van der Waals surface area contributed by atoms with Gasteiger partial charge in [-0.2, -0.15) is 0 Å². The minimum absolute atomic E-state index is 0.00698. The van der Waals surface area contributed by atoms with E-state index in [0.717, 1.165) is 41.0 Å². The van der Waals surface area contributed by atoms with E-state index in [1.165, 1.54) is 24.3 Å². The Kier molecular flexibility index (Phi) is 7.83. The van der Waals surface area contributed by atoms with Crippen molar-refractivity contribution in [3.63, 3.8) is 0 Å². The van der Waals surface area contributed by atoms with E-state index >= 15 is 0 Å². The molecule has 0 spiro atoms. The van der Waals surface area contributed by atoms with Crippen molar-refractivity contribution in [3.8, 4) is 11.1 Å². The van der Waals surface area contributed by atoms with Gasteiger partial charge in [-0.1, -0.05) is 78.1 Å². The predicted molar refractivity (Wildman–Crippen MR) is 141 cm³/mol. The van der Waals surface area contributed by atoms with Crippen molar-refractivity contribution in [1.82, 2.24) is 9.88 Å². The molecule has 0 atom stereocenters. The summed E-state index contributed by atoms with van der Waals surface area (Å²) in [6.07, 6.45) is 2.20. The Labute approximate surface area is 220 Å². The molecular formula is C27H24Cl2N2O4S. The van der Waals surface area contributed by atoms with Crippen LogP contribution in [0.25, 0.3) is 11.1 Å². The largest absolute Gasteiger partial charge is 0.361 e. The first-order valence-electron chi connectivity index (χ1n) is 11.3. The summed E-state index contributed by atoms with van der Waals surface area (Å²) in [6, 6.07) is 18.7. The summed E-state index contributed by atoms with van der Waals surface area (Å²) in [7, 11) is -4.23. The molecule has 0 bridgehead atoms. The van der Waals surface area contributed by atoms with Gasteiger partial charge in [0.2, 0.25) is 0 Å². The summed E-state index contributed by atoms with van der Waals surface area (Å²) in [6.45, 7) is 3.93. The molecule has 1 N–H and O–H groups in total. The molecule has 0 aliphatic heterocycles. The molecule has 3 aromatic carbocycles. The maximum atomic E-state index is 13.4. The number of halogens is 2. The van der Waals surface area contributed by atoms with E-state index in [9.17, 15) is 13.2 Å². The van der Waals surface area contributed by atoms with Crippen molar-refractivity contribution in [2.24, 2.45) is 0 Å². The highest BCUT2D eigenvalue weighted by Gasteiger charge is 2.24. The van der Waals surface area contributed by atoms with Gasteiger partial charge >= 0.3 is 0 Å². The zero-order valence-corrected chi connectivity index (χ0v) is 22.0. The molecule has 4 aromatic rings.